The minimum atomic E-state index is -0.837. The van der Waals surface area contributed by atoms with Gasteiger partial charge < -0.3 is 5.53 Å². The van der Waals surface area contributed by atoms with Gasteiger partial charge in [0, 0.05) is 6.42 Å². The summed E-state index contributed by atoms with van der Waals surface area (Å²) < 4.78 is 0. The number of rotatable bonds is 5. The molecule has 0 aromatic carbocycles. The van der Waals surface area contributed by atoms with Gasteiger partial charge in [-0.05, 0) is 18.8 Å². The van der Waals surface area contributed by atoms with Crippen molar-refractivity contribution in [2.75, 3.05) is 0 Å². The SMILES string of the molecule is CC(C)CC(=O)C1(C(=O)C=[N+]=[N-])CC1. The Labute approximate surface area is 82.9 Å². The van der Waals surface area contributed by atoms with Gasteiger partial charge in [0.25, 0.3) is 0 Å². The van der Waals surface area contributed by atoms with E-state index in [4.69, 9.17) is 5.53 Å². The first kappa shape index (κ1) is 10.8. The topological polar surface area (TPSA) is 70.5 Å². The average molecular weight is 194 g/mol. The molecule has 0 radical (unpaired) electrons. The molecule has 0 atom stereocenters. The molecule has 0 heterocycles. The number of carbonyl (C=O) groups is 2. The van der Waals surface area contributed by atoms with Crippen molar-refractivity contribution in [2.24, 2.45) is 11.3 Å². The van der Waals surface area contributed by atoms with Crippen LogP contribution in [0.25, 0.3) is 5.53 Å². The van der Waals surface area contributed by atoms with Gasteiger partial charge in [0.15, 0.2) is 0 Å². The Hall–Kier alpha value is -1.28. The highest BCUT2D eigenvalue weighted by atomic mass is 16.2. The average Bonchev–Trinajstić information content (AvgIpc) is 2.83. The van der Waals surface area contributed by atoms with Gasteiger partial charge in [-0.1, -0.05) is 13.8 Å². The fraction of sp³-hybridized carbons (Fsp3) is 0.700. The highest BCUT2D eigenvalue weighted by Gasteiger charge is 2.56. The van der Waals surface area contributed by atoms with Crippen molar-refractivity contribution in [1.29, 1.82) is 0 Å². The molecule has 0 aromatic rings. The molecule has 1 aliphatic carbocycles. The van der Waals surface area contributed by atoms with Crippen molar-refractivity contribution < 1.29 is 14.4 Å². The lowest BCUT2D eigenvalue weighted by Gasteiger charge is -2.09. The standard InChI is InChI=1S/C10H14N2O2/c1-7(2)5-8(13)10(3-4-10)9(14)6-12-11/h6-7H,3-5H2,1-2H3. The van der Waals surface area contributed by atoms with Crippen LogP contribution in [0.5, 0.6) is 0 Å². The maximum Gasteiger partial charge on any atom is 0.324 e. The number of ketones is 2. The normalized spacial score (nSPS) is 17.4. The highest BCUT2D eigenvalue weighted by Crippen LogP contribution is 2.48. The van der Waals surface area contributed by atoms with Crippen LogP contribution in [-0.2, 0) is 9.59 Å². The van der Waals surface area contributed by atoms with E-state index in [1.807, 2.05) is 13.8 Å². The summed E-state index contributed by atoms with van der Waals surface area (Å²) >= 11 is 0. The molecule has 1 fully saturated rings. The largest absolute Gasteiger partial charge is 0.361 e. The minimum absolute atomic E-state index is 0.0163. The molecule has 0 bridgehead atoms. The van der Waals surface area contributed by atoms with E-state index in [1.165, 1.54) is 0 Å². The highest BCUT2D eigenvalue weighted by molar-refractivity contribution is 6.35. The van der Waals surface area contributed by atoms with Gasteiger partial charge in [-0.15, -0.1) is 0 Å². The number of Topliss-reactive ketones (excluding diaryl/α,β-unsaturated/α-hetero) is 2. The number of nitrogens with zero attached hydrogens (tertiary/aromatic N) is 2. The van der Waals surface area contributed by atoms with Crippen LogP contribution in [0.2, 0.25) is 0 Å². The second-order valence-electron chi connectivity index (χ2n) is 4.21. The van der Waals surface area contributed by atoms with Crippen LogP contribution in [0.15, 0.2) is 0 Å². The zero-order valence-electron chi connectivity index (χ0n) is 8.49. The van der Waals surface area contributed by atoms with E-state index >= 15 is 0 Å². The van der Waals surface area contributed by atoms with Gasteiger partial charge in [0.1, 0.15) is 5.78 Å². The molecule has 0 unspecified atom stereocenters. The third kappa shape index (κ3) is 1.96. The first-order chi connectivity index (χ1) is 6.53. The molecule has 0 amide bonds. The van der Waals surface area contributed by atoms with E-state index in [-0.39, 0.29) is 17.5 Å². The Kier molecular flexibility index (Phi) is 2.96. The van der Waals surface area contributed by atoms with Crippen molar-refractivity contribution in [2.45, 2.75) is 33.1 Å². The smallest absolute Gasteiger partial charge is 0.324 e. The molecule has 1 aliphatic rings. The van der Waals surface area contributed by atoms with E-state index in [1.54, 1.807) is 0 Å². The van der Waals surface area contributed by atoms with E-state index in [9.17, 15) is 9.59 Å². The molecule has 1 rings (SSSR count). The Morgan fingerprint density at radius 3 is 2.43 bits per heavy atom. The van der Waals surface area contributed by atoms with Crippen LogP contribution >= 0.6 is 0 Å². The molecule has 14 heavy (non-hydrogen) atoms. The van der Waals surface area contributed by atoms with Gasteiger partial charge in [0.05, 0.1) is 5.41 Å². The van der Waals surface area contributed by atoms with Crippen LogP contribution in [0, 0.1) is 11.3 Å². The van der Waals surface area contributed by atoms with Crippen LogP contribution < -0.4 is 0 Å². The van der Waals surface area contributed by atoms with Crippen molar-refractivity contribution >= 4 is 17.8 Å². The maximum absolute atomic E-state index is 11.7. The molecule has 0 spiro atoms. The second-order valence-corrected chi connectivity index (χ2v) is 4.21. The van der Waals surface area contributed by atoms with Gasteiger partial charge in [-0.3, -0.25) is 9.59 Å². The van der Waals surface area contributed by atoms with E-state index in [0.717, 1.165) is 6.21 Å². The van der Waals surface area contributed by atoms with Gasteiger partial charge >= 0.3 is 6.21 Å². The first-order valence-electron chi connectivity index (χ1n) is 4.78. The summed E-state index contributed by atoms with van der Waals surface area (Å²) in [4.78, 5) is 25.8. The van der Waals surface area contributed by atoms with Crippen molar-refractivity contribution in [3.05, 3.63) is 5.53 Å². The molecule has 4 heteroatoms. The van der Waals surface area contributed by atoms with E-state index in [2.05, 4.69) is 4.79 Å². The monoisotopic (exact) mass is 194 g/mol. The summed E-state index contributed by atoms with van der Waals surface area (Å²) in [5.74, 6) is -0.109. The van der Waals surface area contributed by atoms with Crippen molar-refractivity contribution in [3.63, 3.8) is 0 Å². The molecule has 0 aromatic heterocycles. The predicted molar refractivity (Wildman–Crippen MR) is 50.8 cm³/mol. The number of carbonyl (C=O) groups excluding carboxylic acids is 2. The quantitative estimate of drug-likeness (QED) is 0.286. The van der Waals surface area contributed by atoms with Crippen LogP contribution in [0.3, 0.4) is 0 Å². The Morgan fingerprint density at radius 2 is 2.07 bits per heavy atom. The molecule has 4 nitrogen and oxygen atoms in total. The summed E-state index contributed by atoms with van der Waals surface area (Å²) in [6, 6.07) is 0. The molecular weight excluding hydrogens is 180 g/mol. The third-order valence-electron chi connectivity index (χ3n) is 2.52. The summed E-state index contributed by atoms with van der Waals surface area (Å²) in [6.45, 7) is 3.89. The first-order valence-corrected chi connectivity index (χ1v) is 4.78. The lowest BCUT2D eigenvalue weighted by atomic mass is 9.90. The zero-order chi connectivity index (χ0) is 10.8. The van der Waals surface area contributed by atoms with E-state index in [0.29, 0.717) is 19.3 Å². The van der Waals surface area contributed by atoms with Crippen LogP contribution in [0.4, 0.5) is 0 Å². The number of hydrogen-bond donors (Lipinski definition) is 0. The van der Waals surface area contributed by atoms with Crippen molar-refractivity contribution in [1.82, 2.24) is 0 Å². The zero-order valence-corrected chi connectivity index (χ0v) is 8.49. The molecule has 0 saturated heterocycles. The fourth-order valence-corrected chi connectivity index (χ4v) is 1.53. The van der Waals surface area contributed by atoms with Gasteiger partial charge in [-0.25, -0.2) is 0 Å². The second kappa shape index (κ2) is 3.84. The molecular formula is C10H14N2O2. The Bertz CT molecular complexity index is 310. The minimum Gasteiger partial charge on any atom is -0.361 e. The summed E-state index contributed by atoms with van der Waals surface area (Å²) in [5, 5.41) is 0. The fourth-order valence-electron chi connectivity index (χ4n) is 1.53. The van der Waals surface area contributed by atoms with Gasteiger partial charge in [0.2, 0.25) is 5.78 Å². The summed E-state index contributed by atoms with van der Waals surface area (Å²) in [6.07, 6.45) is 2.46. The van der Waals surface area contributed by atoms with Crippen LogP contribution in [-0.4, -0.2) is 22.6 Å². The van der Waals surface area contributed by atoms with Crippen molar-refractivity contribution in [3.8, 4) is 0 Å². The van der Waals surface area contributed by atoms with E-state index < -0.39 is 5.41 Å². The number of hydrogen-bond acceptors (Lipinski definition) is 2. The molecule has 76 valence electrons. The molecule has 0 aliphatic heterocycles. The summed E-state index contributed by atoms with van der Waals surface area (Å²) in [7, 11) is 0. The van der Waals surface area contributed by atoms with Gasteiger partial charge in [-0.2, -0.15) is 4.79 Å². The maximum atomic E-state index is 11.7. The molecule has 1 saturated carbocycles. The van der Waals surface area contributed by atoms with Crippen LogP contribution in [0.1, 0.15) is 33.1 Å². The Balaban J connectivity index is 2.71. The lowest BCUT2D eigenvalue weighted by Crippen LogP contribution is -2.28. The summed E-state index contributed by atoms with van der Waals surface area (Å²) in [5.41, 5.74) is 7.39. The lowest BCUT2D eigenvalue weighted by molar-refractivity contribution is -0.133. The third-order valence-corrected chi connectivity index (χ3v) is 2.52. The molecule has 0 N–H and O–H groups in total. The Morgan fingerprint density at radius 1 is 1.50 bits per heavy atom. The predicted octanol–water partition coefficient (Wildman–Crippen LogP) is 1.25.